The van der Waals surface area contributed by atoms with Crippen LogP contribution in [0.25, 0.3) is 22.4 Å². The zero-order valence-electron chi connectivity index (χ0n) is 15.9. The van der Waals surface area contributed by atoms with Crippen molar-refractivity contribution in [3.05, 3.63) is 70.8 Å². The normalized spacial score (nSPS) is 10.9. The van der Waals surface area contributed by atoms with Crippen molar-refractivity contribution >= 4 is 34.3 Å². The van der Waals surface area contributed by atoms with E-state index in [1.807, 2.05) is 18.2 Å². The predicted octanol–water partition coefficient (Wildman–Crippen LogP) is 3.84. The number of hydrogen-bond donors (Lipinski definition) is 2. The second-order valence-corrected chi connectivity index (χ2v) is 6.92. The van der Waals surface area contributed by atoms with E-state index < -0.39 is 5.91 Å². The highest BCUT2D eigenvalue weighted by molar-refractivity contribution is 6.29. The zero-order valence-corrected chi connectivity index (χ0v) is 16.7. The molecule has 30 heavy (non-hydrogen) atoms. The van der Waals surface area contributed by atoms with Gasteiger partial charge in [0, 0.05) is 17.4 Å². The van der Waals surface area contributed by atoms with E-state index in [4.69, 9.17) is 20.5 Å². The molecule has 0 radical (unpaired) electrons. The molecule has 4 aromatic rings. The summed E-state index contributed by atoms with van der Waals surface area (Å²) in [6, 6.07) is 12.4. The topological polar surface area (TPSA) is 110 Å². The third kappa shape index (κ3) is 4.04. The Morgan fingerprint density at radius 2 is 1.97 bits per heavy atom. The minimum Gasteiger partial charge on any atom is -0.463 e. The molecular weight excluding hydrogens is 408 g/mol. The van der Waals surface area contributed by atoms with Crippen molar-refractivity contribution in [2.45, 2.75) is 19.8 Å². The smallest absolute Gasteiger partial charge is 0.270 e. The van der Waals surface area contributed by atoms with E-state index in [1.54, 1.807) is 31.2 Å². The van der Waals surface area contributed by atoms with Crippen molar-refractivity contribution in [2.75, 3.05) is 0 Å². The van der Waals surface area contributed by atoms with Crippen molar-refractivity contribution < 1.29 is 18.5 Å². The number of nitrogens with zero attached hydrogens (tertiary/aromatic N) is 2. The molecule has 2 N–H and O–H groups in total. The average molecular weight is 425 g/mol. The molecule has 8 nitrogen and oxygen atoms in total. The number of para-hydroxylation sites is 1. The van der Waals surface area contributed by atoms with E-state index in [9.17, 15) is 9.59 Å². The van der Waals surface area contributed by atoms with Crippen molar-refractivity contribution in [2.24, 2.45) is 0 Å². The molecule has 0 fully saturated rings. The van der Waals surface area contributed by atoms with Crippen molar-refractivity contribution in [1.82, 2.24) is 21.0 Å². The van der Waals surface area contributed by atoms with Crippen LogP contribution in [0, 0.1) is 6.92 Å². The fourth-order valence-electron chi connectivity index (χ4n) is 3.05. The first-order valence-electron chi connectivity index (χ1n) is 9.16. The monoisotopic (exact) mass is 424 g/mol. The third-order valence-electron chi connectivity index (χ3n) is 4.59. The number of amides is 2. The van der Waals surface area contributed by atoms with Crippen LogP contribution in [-0.4, -0.2) is 22.0 Å². The molecule has 0 spiro atoms. The summed E-state index contributed by atoms with van der Waals surface area (Å²) in [5.74, 6) is -0.293. The van der Waals surface area contributed by atoms with Crippen LogP contribution < -0.4 is 10.9 Å². The molecule has 1 aromatic carbocycles. The van der Waals surface area contributed by atoms with Crippen molar-refractivity contribution in [3.63, 3.8) is 0 Å². The number of rotatable bonds is 5. The number of carbonyl (C=O) groups is 2. The number of pyridine rings is 1. The number of nitrogens with one attached hydrogen (secondary N) is 2. The maximum Gasteiger partial charge on any atom is 0.270 e. The summed E-state index contributed by atoms with van der Waals surface area (Å²) in [4.78, 5) is 29.5. The Kier molecular flexibility index (Phi) is 5.49. The highest BCUT2D eigenvalue weighted by Crippen LogP contribution is 2.25. The molecule has 152 valence electrons. The van der Waals surface area contributed by atoms with Gasteiger partial charge in [-0.3, -0.25) is 20.4 Å². The molecule has 3 heterocycles. The molecule has 4 rings (SSSR count). The van der Waals surface area contributed by atoms with Crippen molar-refractivity contribution in [3.8, 4) is 11.5 Å². The number of hydrogen-bond acceptors (Lipinski definition) is 6. The van der Waals surface area contributed by atoms with Crippen LogP contribution in [0.15, 0.2) is 57.7 Å². The Morgan fingerprint density at radius 3 is 2.70 bits per heavy atom. The van der Waals surface area contributed by atoms with Gasteiger partial charge in [0.1, 0.15) is 5.69 Å². The van der Waals surface area contributed by atoms with Crippen LogP contribution in [0.5, 0.6) is 0 Å². The summed E-state index contributed by atoms with van der Waals surface area (Å²) in [6.45, 7) is 1.75. The standard InChI is InChI=1S/C21H17ClN4O4/c1-12-13(20(22)30-26-12)8-9-19(27)24-25-21(28)15-11-17(18-7-4-10-29-18)23-16-6-3-2-5-14(15)16/h2-7,10-11H,8-9H2,1H3,(H,24,27)(H,25,28). The fourth-order valence-corrected chi connectivity index (χ4v) is 3.31. The predicted molar refractivity (Wildman–Crippen MR) is 110 cm³/mol. The maximum absolute atomic E-state index is 12.8. The maximum atomic E-state index is 12.8. The van der Waals surface area contributed by atoms with E-state index >= 15 is 0 Å². The molecule has 9 heteroatoms. The molecule has 0 saturated carbocycles. The van der Waals surface area contributed by atoms with Crippen molar-refractivity contribution in [1.29, 1.82) is 0 Å². The van der Waals surface area contributed by atoms with Gasteiger partial charge in [-0.15, -0.1) is 0 Å². The van der Waals surface area contributed by atoms with Gasteiger partial charge in [-0.25, -0.2) is 4.98 Å². The molecule has 0 aliphatic carbocycles. The molecule has 0 atom stereocenters. The van der Waals surface area contributed by atoms with E-state index in [0.717, 1.165) is 0 Å². The quantitative estimate of drug-likeness (QED) is 0.471. The second kappa shape index (κ2) is 8.38. The summed E-state index contributed by atoms with van der Waals surface area (Å²) in [5, 5.41) is 4.57. The zero-order chi connectivity index (χ0) is 21.1. The summed E-state index contributed by atoms with van der Waals surface area (Å²) < 4.78 is 10.3. The molecule has 2 amide bonds. The number of furan rings is 1. The van der Waals surface area contributed by atoms with E-state index in [1.165, 1.54) is 6.26 Å². The largest absolute Gasteiger partial charge is 0.463 e. The summed E-state index contributed by atoms with van der Waals surface area (Å²) in [7, 11) is 0. The molecule has 0 bridgehead atoms. The van der Waals surface area contributed by atoms with Gasteiger partial charge in [0.25, 0.3) is 5.91 Å². The number of halogens is 1. The lowest BCUT2D eigenvalue weighted by Crippen LogP contribution is -2.41. The number of aromatic nitrogens is 2. The van der Waals surface area contributed by atoms with Gasteiger partial charge in [0.15, 0.2) is 5.76 Å². The van der Waals surface area contributed by atoms with E-state index in [2.05, 4.69) is 21.0 Å². The van der Waals surface area contributed by atoms with Gasteiger partial charge in [-0.05, 0) is 49.2 Å². The Balaban J connectivity index is 1.48. The first kappa shape index (κ1) is 19.7. The Morgan fingerprint density at radius 1 is 1.13 bits per heavy atom. The summed E-state index contributed by atoms with van der Waals surface area (Å²) in [5.41, 5.74) is 7.70. The first-order valence-corrected chi connectivity index (χ1v) is 9.54. The van der Waals surface area contributed by atoms with E-state index in [-0.39, 0.29) is 17.5 Å². The highest BCUT2D eigenvalue weighted by atomic mass is 35.5. The summed E-state index contributed by atoms with van der Waals surface area (Å²) in [6.07, 6.45) is 1.99. The first-order chi connectivity index (χ1) is 14.5. The molecule has 3 aromatic heterocycles. The van der Waals surface area contributed by atoms with Crippen LogP contribution in [0.2, 0.25) is 5.22 Å². The fraction of sp³-hybridized carbons (Fsp3) is 0.143. The van der Waals surface area contributed by atoms with Crippen LogP contribution in [-0.2, 0) is 11.2 Å². The van der Waals surface area contributed by atoms with Gasteiger partial charge in [-0.1, -0.05) is 23.4 Å². The van der Waals surface area contributed by atoms with Gasteiger partial charge >= 0.3 is 0 Å². The molecular formula is C21H17ClN4O4. The number of fused-ring (bicyclic) bond motifs is 1. The highest BCUT2D eigenvalue weighted by Gasteiger charge is 2.17. The molecule has 0 saturated heterocycles. The lowest BCUT2D eigenvalue weighted by Gasteiger charge is -2.10. The van der Waals surface area contributed by atoms with Crippen LogP contribution >= 0.6 is 11.6 Å². The van der Waals surface area contributed by atoms with Crippen LogP contribution in [0.1, 0.15) is 28.0 Å². The lowest BCUT2D eigenvalue weighted by molar-refractivity contribution is -0.121. The molecule has 0 unspecified atom stereocenters. The minimum atomic E-state index is -0.464. The number of carbonyl (C=O) groups excluding carboxylic acids is 2. The Bertz CT molecular complexity index is 1200. The van der Waals surface area contributed by atoms with Gasteiger partial charge in [-0.2, -0.15) is 0 Å². The number of aryl methyl sites for hydroxylation is 1. The SMILES string of the molecule is Cc1noc(Cl)c1CCC(=O)NNC(=O)c1cc(-c2ccco2)nc2ccccc12. The number of benzene rings is 1. The van der Waals surface area contributed by atoms with Gasteiger partial charge < -0.3 is 8.94 Å². The van der Waals surface area contributed by atoms with E-state index in [0.29, 0.717) is 45.6 Å². The third-order valence-corrected chi connectivity index (χ3v) is 4.89. The molecule has 0 aliphatic heterocycles. The van der Waals surface area contributed by atoms with Crippen LogP contribution in [0.3, 0.4) is 0 Å². The van der Waals surface area contributed by atoms with Crippen LogP contribution in [0.4, 0.5) is 0 Å². The van der Waals surface area contributed by atoms with Gasteiger partial charge in [0.05, 0.1) is 23.0 Å². The second-order valence-electron chi connectivity index (χ2n) is 6.57. The van der Waals surface area contributed by atoms with Gasteiger partial charge in [0.2, 0.25) is 11.1 Å². The molecule has 0 aliphatic rings. The average Bonchev–Trinajstić information content (AvgIpc) is 3.40. The lowest BCUT2D eigenvalue weighted by atomic mass is 10.1. The number of hydrazine groups is 1. The minimum absolute atomic E-state index is 0.108. The summed E-state index contributed by atoms with van der Waals surface area (Å²) >= 11 is 5.90. The Labute approximate surface area is 176 Å². The Hall–Kier alpha value is -3.65.